The monoisotopic (exact) mass is 256 g/mol. The van der Waals surface area contributed by atoms with Crippen molar-refractivity contribution >= 4 is 5.78 Å². The molecule has 0 saturated carbocycles. The molecule has 0 radical (unpaired) electrons. The van der Waals surface area contributed by atoms with E-state index in [1.807, 2.05) is 24.3 Å². The summed E-state index contributed by atoms with van der Waals surface area (Å²) in [6, 6.07) is 5.48. The molecule has 19 heavy (non-hydrogen) atoms. The number of aryl methyl sites for hydroxylation is 1. The Hall–Kier alpha value is -2.03. The third kappa shape index (κ3) is 1.86. The first-order chi connectivity index (χ1) is 9.14. The van der Waals surface area contributed by atoms with Crippen molar-refractivity contribution in [1.29, 1.82) is 0 Å². The number of phenols is 1. The molecule has 1 unspecified atom stereocenters. The normalized spacial score (nSPS) is 25.1. The zero-order chi connectivity index (χ0) is 13.5. The van der Waals surface area contributed by atoms with Gasteiger partial charge in [0, 0.05) is 5.41 Å². The first kappa shape index (κ1) is 12.0. The third-order valence-corrected chi connectivity index (χ3v) is 4.01. The van der Waals surface area contributed by atoms with Gasteiger partial charge in [-0.2, -0.15) is 0 Å². The van der Waals surface area contributed by atoms with Crippen LogP contribution in [0.2, 0.25) is 0 Å². The van der Waals surface area contributed by atoms with Gasteiger partial charge in [0.05, 0.1) is 7.11 Å². The van der Waals surface area contributed by atoms with Crippen LogP contribution in [-0.2, 0) is 21.4 Å². The lowest BCUT2D eigenvalue weighted by Gasteiger charge is -2.36. The molecule has 1 aromatic carbocycles. The van der Waals surface area contributed by atoms with Crippen LogP contribution in [0, 0.1) is 0 Å². The van der Waals surface area contributed by atoms with Crippen LogP contribution < -0.4 is 0 Å². The van der Waals surface area contributed by atoms with E-state index in [2.05, 4.69) is 0 Å². The van der Waals surface area contributed by atoms with Crippen molar-refractivity contribution < 1.29 is 14.6 Å². The quantitative estimate of drug-likeness (QED) is 0.840. The standard InChI is InChI=1S/C16H16O3/c1-19-15-10-16(8-6-14(15)18)7-2-3-11-9-12(17)4-5-13(11)16/h4-6,8-10,17H,2-3,7H2,1H3. The van der Waals surface area contributed by atoms with E-state index in [-0.39, 0.29) is 11.2 Å². The van der Waals surface area contributed by atoms with E-state index >= 15 is 0 Å². The van der Waals surface area contributed by atoms with Crippen molar-refractivity contribution in [3.05, 3.63) is 53.3 Å². The van der Waals surface area contributed by atoms with E-state index in [4.69, 9.17) is 4.74 Å². The fraction of sp³-hybridized carbons (Fsp3) is 0.312. The van der Waals surface area contributed by atoms with Crippen LogP contribution in [-0.4, -0.2) is 18.0 Å². The highest BCUT2D eigenvalue weighted by molar-refractivity contribution is 6.04. The molecule has 2 aliphatic rings. The lowest BCUT2D eigenvalue weighted by molar-refractivity contribution is -0.114. The minimum Gasteiger partial charge on any atom is -0.508 e. The number of aromatic hydroxyl groups is 1. The molecule has 0 saturated heterocycles. The summed E-state index contributed by atoms with van der Waals surface area (Å²) in [5.74, 6) is 0.616. The lowest BCUT2D eigenvalue weighted by atomic mass is 9.68. The van der Waals surface area contributed by atoms with Gasteiger partial charge >= 0.3 is 0 Å². The van der Waals surface area contributed by atoms with Crippen molar-refractivity contribution in [2.24, 2.45) is 0 Å². The number of ether oxygens (including phenoxy) is 1. The second-order valence-corrected chi connectivity index (χ2v) is 5.15. The molecule has 0 fully saturated rings. The second-order valence-electron chi connectivity index (χ2n) is 5.15. The van der Waals surface area contributed by atoms with Gasteiger partial charge in [-0.3, -0.25) is 4.79 Å². The van der Waals surface area contributed by atoms with Crippen LogP contribution in [0.4, 0.5) is 0 Å². The van der Waals surface area contributed by atoms with Gasteiger partial charge < -0.3 is 9.84 Å². The summed E-state index contributed by atoms with van der Waals surface area (Å²) in [6.45, 7) is 0. The maximum atomic E-state index is 11.7. The highest BCUT2D eigenvalue weighted by Gasteiger charge is 2.36. The molecular weight excluding hydrogens is 240 g/mol. The summed E-state index contributed by atoms with van der Waals surface area (Å²) in [4.78, 5) is 11.7. The molecule has 3 heteroatoms. The Morgan fingerprint density at radius 2 is 2.21 bits per heavy atom. The number of carbonyl (C=O) groups excluding carboxylic acids is 1. The number of carbonyl (C=O) groups is 1. The number of phenolic OH excluding ortho intramolecular Hbond substituents is 1. The number of allylic oxidation sites excluding steroid dienone is 3. The van der Waals surface area contributed by atoms with Gasteiger partial charge in [-0.15, -0.1) is 0 Å². The Bertz CT molecular complexity index is 598. The van der Waals surface area contributed by atoms with Gasteiger partial charge in [-0.1, -0.05) is 12.1 Å². The van der Waals surface area contributed by atoms with Crippen molar-refractivity contribution in [3.63, 3.8) is 0 Å². The van der Waals surface area contributed by atoms with E-state index in [0.717, 1.165) is 30.4 Å². The summed E-state index contributed by atoms with van der Waals surface area (Å²) < 4.78 is 5.18. The van der Waals surface area contributed by atoms with Crippen molar-refractivity contribution in [2.75, 3.05) is 7.11 Å². The number of fused-ring (bicyclic) bond motifs is 2. The number of methoxy groups -OCH3 is 1. The molecule has 0 amide bonds. The third-order valence-electron chi connectivity index (χ3n) is 4.01. The molecule has 0 bridgehead atoms. The second kappa shape index (κ2) is 4.26. The van der Waals surface area contributed by atoms with Crippen LogP contribution in [0.25, 0.3) is 0 Å². The largest absolute Gasteiger partial charge is 0.508 e. The van der Waals surface area contributed by atoms with Crippen LogP contribution in [0.1, 0.15) is 24.0 Å². The molecule has 1 atom stereocenters. The first-order valence-corrected chi connectivity index (χ1v) is 6.47. The van der Waals surface area contributed by atoms with Crippen LogP contribution in [0.15, 0.2) is 42.2 Å². The molecule has 98 valence electrons. The molecular formula is C16H16O3. The summed E-state index contributed by atoms with van der Waals surface area (Å²) in [5.41, 5.74) is 2.05. The van der Waals surface area contributed by atoms with Gasteiger partial charge in [-0.05, 0) is 54.7 Å². The molecule has 3 nitrogen and oxygen atoms in total. The molecule has 3 rings (SSSR count). The van der Waals surface area contributed by atoms with Gasteiger partial charge in [0.15, 0.2) is 5.76 Å². The first-order valence-electron chi connectivity index (χ1n) is 6.47. The Morgan fingerprint density at radius 3 is 3.00 bits per heavy atom. The van der Waals surface area contributed by atoms with E-state index < -0.39 is 0 Å². The summed E-state index contributed by atoms with van der Waals surface area (Å²) in [5, 5.41) is 9.60. The van der Waals surface area contributed by atoms with Crippen LogP contribution in [0.5, 0.6) is 5.75 Å². The average Bonchev–Trinajstić information content (AvgIpc) is 2.41. The SMILES string of the molecule is COC1=CC2(C=CC1=O)CCCc1cc(O)ccc12. The van der Waals surface area contributed by atoms with E-state index in [0.29, 0.717) is 11.5 Å². The zero-order valence-corrected chi connectivity index (χ0v) is 10.8. The van der Waals surface area contributed by atoms with E-state index in [1.54, 1.807) is 12.1 Å². The molecule has 1 aromatic rings. The predicted octanol–water partition coefficient (Wildman–Crippen LogP) is 2.64. The average molecular weight is 256 g/mol. The van der Waals surface area contributed by atoms with Crippen molar-refractivity contribution in [2.45, 2.75) is 24.7 Å². The van der Waals surface area contributed by atoms with Gasteiger partial charge in [-0.25, -0.2) is 0 Å². The minimum atomic E-state index is -0.263. The Kier molecular flexibility index (Phi) is 2.70. The fourth-order valence-electron chi connectivity index (χ4n) is 3.09. The van der Waals surface area contributed by atoms with Crippen LogP contribution in [0.3, 0.4) is 0 Å². The maximum absolute atomic E-state index is 11.7. The lowest BCUT2D eigenvalue weighted by Crippen LogP contribution is -2.30. The Morgan fingerprint density at radius 1 is 1.37 bits per heavy atom. The highest BCUT2D eigenvalue weighted by Crippen LogP contribution is 2.43. The zero-order valence-electron chi connectivity index (χ0n) is 10.8. The smallest absolute Gasteiger partial charge is 0.219 e. The molecule has 1 spiro atoms. The number of ketones is 1. The Balaban J connectivity index is 2.15. The van der Waals surface area contributed by atoms with Crippen molar-refractivity contribution in [3.8, 4) is 5.75 Å². The molecule has 1 N–H and O–H groups in total. The van der Waals surface area contributed by atoms with E-state index in [1.165, 1.54) is 7.11 Å². The topological polar surface area (TPSA) is 46.5 Å². The summed E-state index contributed by atoms with van der Waals surface area (Å²) in [6.07, 6.45) is 8.44. The van der Waals surface area contributed by atoms with Crippen LogP contribution >= 0.6 is 0 Å². The van der Waals surface area contributed by atoms with Gasteiger partial charge in [0.2, 0.25) is 5.78 Å². The Labute approximate surface area is 112 Å². The molecule has 2 aliphatic carbocycles. The maximum Gasteiger partial charge on any atom is 0.219 e. The summed E-state index contributed by atoms with van der Waals surface area (Å²) in [7, 11) is 1.52. The highest BCUT2D eigenvalue weighted by atomic mass is 16.5. The number of benzene rings is 1. The number of hydrogen-bond acceptors (Lipinski definition) is 3. The predicted molar refractivity (Wildman–Crippen MR) is 72.0 cm³/mol. The molecule has 0 aromatic heterocycles. The number of hydrogen-bond donors (Lipinski definition) is 1. The molecule has 0 aliphatic heterocycles. The fourth-order valence-corrected chi connectivity index (χ4v) is 3.09. The van der Waals surface area contributed by atoms with Gasteiger partial charge in [0.1, 0.15) is 5.75 Å². The van der Waals surface area contributed by atoms with Gasteiger partial charge in [0.25, 0.3) is 0 Å². The minimum absolute atomic E-state index is 0.0842. The van der Waals surface area contributed by atoms with Crippen molar-refractivity contribution in [1.82, 2.24) is 0 Å². The summed E-state index contributed by atoms with van der Waals surface area (Å²) >= 11 is 0. The number of rotatable bonds is 1. The van der Waals surface area contributed by atoms with E-state index in [9.17, 15) is 9.90 Å². The molecule has 0 heterocycles.